The summed E-state index contributed by atoms with van der Waals surface area (Å²) in [6, 6.07) is 16.6. The van der Waals surface area contributed by atoms with Gasteiger partial charge in [0.2, 0.25) is 10.0 Å². The highest BCUT2D eigenvalue weighted by Gasteiger charge is 2.23. The average molecular weight is 432 g/mol. The van der Waals surface area contributed by atoms with Crippen molar-refractivity contribution in [2.24, 2.45) is 5.10 Å². The average Bonchev–Trinajstić information content (AvgIpc) is 2.70. The molecular weight excluding hydrogens is 402 g/mol. The Kier molecular flexibility index (Phi) is 7.61. The molecule has 1 N–H and O–H groups in total. The minimum absolute atomic E-state index is 0.154. The van der Waals surface area contributed by atoms with Gasteiger partial charge in [0.15, 0.2) is 0 Å². The molecule has 0 bridgehead atoms. The molecule has 0 atom stereocenters. The zero-order valence-electron chi connectivity index (χ0n) is 18.0. The van der Waals surface area contributed by atoms with Gasteiger partial charge in [-0.25, -0.2) is 13.8 Å². The van der Waals surface area contributed by atoms with E-state index in [9.17, 15) is 13.2 Å². The maximum absolute atomic E-state index is 12.4. The fourth-order valence-corrected chi connectivity index (χ4v) is 4.01. The molecule has 0 radical (unpaired) electrons. The molecule has 0 saturated carbocycles. The van der Waals surface area contributed by atoms with Crippen molar-refractivity contribution in [3.8, 4) is 5.75 Å². The van der Waals surface area contributed by atoms with Gasteiger partial charge in [-0.05, 0) is 36.5 Å². The lowest BCUT2D eigenvalue weighted by molar-refractivity contribution is -0.119. The molecule has 2 aromatic carbocycles. The van der Waals surface area contributed by atoms with Crippen molar-refractivity contribution >= 4 is 27.3 Å². The lowest BCUT2D eigenvalue weighted by Gasteiger charge is -2.25. The Morgan fingerprint density at radius 2 is 1.80 bits per heavy atom. The molecule has 0 aliphatic carbocycles. The Morgan fingerprint density at radius 1 is 1.13 bits per heavy atom. The van der Waals surface area contributed by atoms with Crippen LogP contribution in [0.5, 0.6) is 5.75 Å². The van der Waals surface area contributed by atoms with Crippen molar-refractivity contribution in [2.45, 2.75) is 32.6 Å². The van der Waals surface area contributed by atoms with E-state index in [-0.39, 0.29) is 12.0 Å². The summed E-state index contributed by atoms with van der Waals surface area (Å²) < 4.78 is 30.6. The number of ether oxygens (including phenoxy) is 1. The minimum Gasteiger partial charge on any atom is -0.497 e. The number of hydrogen-bond donors (Lipinski definition) is 1. The van der Waals surface area contributed by atoms with Crippen LogP contribution in [0.25, 0.3) is 0 Å². The van der Waals surface area contributed by atoms with E-state index in [1.807, 2.05) is 25.1 Å². The van der Waals surface area contributed by atoms with Gasteiger partial charge in [0, 0.05) is 11.8 Å². The molecule has 30 heavy (non-hydrogen) atoms. The molecule has 0 unspecified atom stereocenters. The van der Waals surface area contributed by atoms with Crippen LogP contribution in [0.1, 0.15) is 32.8 Å². The highest BCUT2D eigenvalue weighted by molar-refractivity contribution is 7.92. The second-order valence-electron chi connectivity index (χ2n) is 7.78. The van der Waals surface area contributed by atoms with Crippen molar-refractivity contribution in [2.75, 3.05) is 24.2 Å². The summed E-state index contributed by atoms with van der Waals surface area (Å²) in [7, 11) is -2.18. The van der Waals surface area contributed by atoms with Gasteiger partial charge < -0.3 is 4.74 Å². The lowest BCUT2D eigenvalue weighted by Crippen LogP contribution is -2.39. The maximum Gasteiger partial charge on any atom is 0.260 e. The number of hydrazone groups is 1. The Balaban J connectivity index is 2.08. The van der Waals surface area contributed by atoms with Gasteiger partial charge in [-0.2, -0.15) is 5.10 Å². The fraction of sp³-hybridized carbons (Fsp3) is 0.364. The molecule has 0 spiro atoms. The third-order valence-electron chi connectivity index (χ3n) is 4.65. The van der Waals surface area contributed by atoms with E-state index in [0.29, 0.717) is 17.9 Å². The monoisotopic (exact) mass is 431 g/mol. The van der Waals surface area contributed by atoms with Crippen LogP contribution in [0, 0.1) is 0 Å². The van der Waals surface area contributed by atoms with Crippen molar-refractivity contribution in [3.05, 3.63) is 60.2 Å². The number of nitrogens with zero attached hydrogens (tertiary/aromatic N) is 2. The first-order valence-electron chi connectivity index (χ1n) is 9.52. The number of amides is 1. The van der Waals surface area contributed by atoms with Crippen LogP contribution in [0.2, 0.25) is 0 Å². The fourth-order valence-electron chi connectivity index (χ4n) is 3.16. The number of carbonyl (C=O) groups is 1. The number of sulfonamides is 1. The molecule has 8 heteroatoms. The molecule has 0 aliphatic rings. The molecule has 0 aliphatic heterocycles. The predicted molar refractivity (Wildman–Crippen MR) is 121 cm³/mol. The van der Waals surface area contributed by atoms with Crippen LogP contribution in [0.4, 0.5) is 5.69 Å². The van der Waals surface area contributed by atoms with Crippen molar-refractivity contribution in [1.29, 1.82) is 0 Å². The van der Waals surface area contributed by atoms with Crippen LogP contribution >= 0.6 is 0 Å². The van der Waals surface area contributed by atoms with E-state index in [1.54, 1.807) is 24.3 Å². The topological polar surface area (TPSA) is 88.1 Å². The van der Waals surface area contributed by atoms with Gasteiger partial charge in [0.25, 0.3) is 5.91 Å². The second-order valence-corrected chi connectivity index (χ2v) is 9.69. The molecule has 2 rings (SSSR count). The van der Waals surface area contributed by atoms with Gasteiger partial charge in [-0.15, -0.1) is 0 Å². The maximum atomic E-state index is 12.4. The summed E-state index contributed by atoms with van der Waals surface area (Å²) in [6.07, 6.45) is 1.69. The van der Waals surface area contributed by atoms with Crippen molar-refractivity contribution < 1.29 is 17.9 Å². The summed E-state index contributed by atoms with van der Waals surface area (Å²) in [4.78, 5) is 12.4. The number of anilines is 1. The summed E-state index contributed by atoms with van der Waals surface area (Å²) in [5.74, 6) is -0.0290. The third-order valence-corrected chi connectivity index (χ3v) is 5.79. The highest BCUT2D eigenvalue weighted by atomic mass is 32.2. The first-order valence-corrected chi connectivity index (χ1v) is 11.4. The molecule has 162 valence electrons. The van der Waals surface area contributed by atoms with Gasteiger partial charge in [0.1, 0.15) is 12.3 Å². The quantitative estimate of drug-likeness (QED) is 0.487. The standard InChI is InChI=1S/C22H29N3O4S/c1-17(15-22(2,3)18-10-7-6-8-11-18)23-24-21(26)16-25(30(5,27)28)19-12-9-13-20(14-19)29-4/h6-14H,15-16H2,1-5H3,(H,24,26)/b23-17-. The normalized spacial score (nSPS) is 12.4. The molecule has 7 nitrogen and oxygen atoms in total. The van der Waals surface area contributed by atoms with Crippen LogP contribution < -0.4 is 14.5 Å². The summed E-state index contributed by atoms with van der Waals surface area (Å²) in [6.45, 7) is 5.67. The molecule has 0 heterocycles. The van der Waals surface area contributed by atoms with Crippen molar-refractivity contribution in [3.63, 3.8) is 0 Å². The van der Waals surface area contributed by atoms with E-state index in [0.717, 1.165) is 16.3 Å². The second kappa shape index (κ2) is 9.75. The number of nitrogens with one attached hydrogen (secondary N) is 1. The molecule has 0 aromatic heterocycles. The summed E-state index contributed by atoms with van der Waals surface area (Å²) in [5.41, 5.74) is 4.57. The van der Waals surface area contributed by atoms with E-state index in [1.165, 1.54) is 12.7 Å². The van der Waals surface area contributed by atoms with Gasteiger partial charge in [-0.3, -0.25) is 9.10 Å². The van der Waals surface area contributed by atoms with Gasteiger partial charge >= 0.3 is 0 Å². The van der Waals surface area contributed by atoms with E-state index in [4.69, 9.17) is 4.74 Å². The molecule has 2 aromatic rings. The van der Waals surface area contributed by atoms with E-state index >= 15 is 0 Å². The van der Waals surface area contributed by atoms with Crippen LogP contribution in [-0.4, -0.2) is 39.9 Å². The molecular formula is C22H29N3O4S. The number of rotatable bonds is 9. The SMILES string of the molecule is COc1cccc(N(CC(=O)N/N=C(/C)CC(C)(C)c2ccccc2)S(C)(=O)=O)c1. The van der Waals surface area contributed by atoms with Crippen LogP contribution in [-0.2, 0) is 20.2 Å². The molecule has 0 saturated heterocycles. The summed E-state index contributed by atoms with van der Waals surface area (Å²) >= 11 is 0. The molecule has 0 fully saturated rings. The smallest absolute Gasteiger partial charge is 0.260 e. The number of hydrogen-bond acceptors (Lipinski definition) is 5. The largest absolute Gasteiger partial charge is 0.497 e. The predicted octanol–water partition coefficient (Wildman–Crippen LogP) is 3.32. The minimum atomic E-state index is -3.67. The number of methoxy groups -OCH3 is 1. The van der Waals surface area contributed by atoms with E-state index < -0.39 is 15.9 Å². The lowest BCUT2D eigenvalue weighted by atomic mass is 9.80. The van der Waals surface area contributed by atoms with Crippen molar-refractivity contribution in [1.82, 2.24) is 5.43 Å². The Bertz CT molecular complexity index is 1000. The number of carbonyl (C=O) groups excluding carboxylic acids is 1. The van der Waals surface area contributed by atoms with E-state index in [2.05, 4.69) is 36.5 Å². The van der Waals surface area contributed by atoms with Crippen LogP contribution in [0.3, 0.4) is 0 Å². The highest BCUT2D eigenvalue weighted by Crippen LogP contribution is 2.27. The summed E-state index contributed by atoms with van der Waals surface area (Å²) in [5, 5.41) is 4.17. The Hall–Kier alpha value is -2.87. The Labute approximate surface area is 178 Å². The third kappa shape index (κ3) is 6.59. The first-order chi connectivity index (χ1) is 14.0. The van der Waals surface area contributed by atoms with Crippen LogP contribution in [0.15, 0.2) is 59.7 Å². The van der Waals surface area contributed by atoms with Gasteiger partial charge in [0.05, 0.1) is 19.1 Å². The number of benzene rings is 2. The Morgan fingerprint density at radius 3 is 2.40 bits per heavy atom. The zero-order valence-corrected chi connectivity index (χ0v) is 18.9. The first kappa shape index (κ1) is 23.4. The zero-order chi connectivity index (χ0) is 22.4. The van der Waals surface area contributed by atoms with Gasteiger partial charge in [-0.1, -0.05) is 50.2 Å². The molecule has 1 amide bonds.